The zero-order valence-corrected chi connectivity index (χ0v) is 10.2. The Morgan fingerprint density at radius 3 is 2.89 bits per heavy atom. The van der Waals surface area contributed by atoms with Gasteiger partial charge in [-0.15, -0.1) is 0 Å². The number of hydrogen-bond donors (Lipinski definition) is 3. The highest BCUT2D eigenvalue weighted by atomic mass is 16.4. The van der Waals surface area contributed by atoms with E-state index in [1.807, 2.05) is 30.5 Å². The summed E-state index contributed by atoms with van der Waals surface area (Å²) in [6.45, 7) is 0.193. The summed E-state index contributed by atoms with van der Waals surface area (Å²) in [6, 6.07) is 7.73. The van der Waals surface area contributed by atoms with Crippen molar-refractivity contribution in [3.05, 3.63) is 36.0 Å². The number of aliphatic carboxylic acids is 1. The van der Waals surface area contributed by atoms with Gasteiger partial charge in [-0.25, -0.2) is 0 Å². The van der Waals surface area contributed by atoms with Crippen LogP contribution >= 0.6 is 0 Å². The van der Waals surface area contributed by atoms with E-state index in [0.29, 0.717) is 0 Å². The summed E-state index contributed by atoms with van der Waals surface area (Å²) < 4.78 is 0. The molecule has 1 saturated heterocycles. The monoisotopic (exact) mass is 258 g/mol. The lowest BCUT2D eigenvalue weighted by Gasteiger charge is -2.28. The van der Waals surface area contributed by atoms with Crippen LogP contribution in [0.1, 0.15) is 17.9 Å². The Morgan fingerprint density at radius 2 is 2.11 bits per heavy atom. The number of carbonyl (C=O) groups is 2. The number of amides is 1. The highest BCUT2D eigenvalue weighted by Crippen LogP contribution is 2.35. The molecule has 1 aliphatic heterocycles. The number of carboxylic acid groups (broad SMARTS) is 1. The third kappa shape index (κ3) is 1.97. The molecule has 98 valence electrons. The molecule has 19 heavy (non-hydrogen) atoms. The fourth-order valence-electron chi connectivity index (χ4n) is 2.77. The molecule has 1 aromatic heterocycles. The third-order valence-electron chi connectivity index (χ3n) is 3.75. The Kier molecular flexibility index (Phi) is 2.74. The van der Waals surface area contributed by atoms with E-state index in [-0.39, 0.29) is 24.8 Å². The van der Waals surface area contributed by atoms with Crippen molar-refractivity contribution in [2.24, 2.45) is 5.92 Å². The standard InChI is InChI=1S/C14H14N2O3/c17-13-5-9(11(7-16-13)14(18)19)10-6-15-12-4-2-1-3-8(10)12/h1-4,6,9,11,15H,5,7H2,(H,16,17)(H,18,19). The molecule has 0 radical (unpaired) electrons. The summed E-state index contributed by atoms with van der Waals surface area (Å²) in [5.74, 6) is -1.80. The third-order valence-corrected chi connectivity index (χ3v) is 3.75. The van der Waals surface area contributed by atoms with Gasteiger partial charge in [0.05, 0.1) is 5.92 Å². The molecule has 1 amide bonds. The van der Waals surface area contributed by atoms with Crippen LogP contribution in [0.2, 0.25) is 0 Å². The van der Waals surface area contributed by atoms with Gasteiger partial charge in [0, 0.05) is 36.0 Å². The summed E-state index contributed by atoms with van der Waals surface area (Å²) >= 11 is 0. The molecule has 3 N–H and O–H groups in total. The molecule has 1 aromatic carbocycles. The Hall–Kier alpha value is -2.30. The molecule has 0 spiro atoms. The van der Waals surface area contributed by atoms with Gasteiger partial charge in [0.25, 0.3) is 0 Å². The van der Waals surface area contributed by atoms with Crippen molar-refractivity contribution < 1.29 is 14.7 Å². The Morgan fingerprint density at radius 1 is 1.32 bits per heavy atom. The van der Waals surface area contributed by atoms with Crippen molar-refractivity contribution in [1.29, 1.82) is 0 Å². The van der Waals surface area contributed by atoms with Gasteiger partial charge in [-0.05, 0) is 11.6 Å². The fraction of sp³-hybridized carbons (Fsp3) is 0.286. The highest BCUT2D eigenvalue weighted by Gasteiger charge is 2.36. The van der Waals surface area contributed by atoms with E-state index in [4.69, 9.17) is 0 Å². The maximum atomic E-state index is 11.6. The average Bonchev–Trinajstić information content (AvgIpc) is 2.82. The van der Waals surface area contributed by atoms with Gasteiger partial charge in [-0.3, -0.25) is 9.59 Å². The van der Waals surface area contributed by atoms with Crippen LogP contribution in [0.3, 0.4) is 0 Å². The number of carbonyl (C=O) groups excluding carboxylic acids is 1. The molecule has 0 bridgehead atoms. The van der Waals surface area contributed by atoms with E-state index in [0.717, 1.165) is 16.5 Å². The second-order valence-electron chi connectivity index (χ2n) is 4.85. The molecule has 1 fully saturated rings. The molecule has 2 unspecified atom stereocenters. The number of rotatable bonds is 2. The first-order chi connectivity index (χ1) is 9.16. The van der Waals surface area contributed by atoms with Crippen molar-refractivity contribution >= 4 is 22.8 Å². The zero-order valence-electron chi connectivity index (χ0n) is 10.2. The minimum atomic E-state index is -0.865. The Labute approximate surface area is 109 Å². The van der Waals surface area contributed by atoms with E-state index in [9.17, 15) is 14.7 Å². The average molecular weight is 258 g/mol. The highest BCUT2D eigenvalue weighted by molar-refractivity contribution is 5.88. The van der Waals surface area contributed by atoms with Crippen molar-refractivity contribution in [2.45, 2.75) is 12.3 Å². The normalized spacial score (nSPS) is 23.3. The van der Waals surface area contributed by atoms with Crippen molar-refractivity contribution in [2.75, 3.05) is 6.54 Å². The maximum absolute atomic E-state index is 11.6. The number of benzene rings is 1. The summed E-state index contributed by atoms with van der Waals surface area (Å²) in [5, 5.41) is 12.9. The molecule has 1 aliphatic rings. The van der Waals surface area contributed by atoms with Crippen molar-refractivity contribution in [1.82, 2.24) is 10.3 Å². The molecule has 5 heteroatoms. The van der Waals surface area contributed by atoms with Crippen LogP contribution in [0.5, 0.6) is 0 Å². The number of hydrogen-bond acceptors (Lipinski definition) is 2. The number of piperidine rings is 1. The van der Waals surface area contributed by atoms with Crippen LogP contribution in [-0.2, 0) is 9.59 Å². The second kappa shape index (κ2) is 4.42. The lowest BCUT2D eigenvalue weighted by molar-refractivity contribution is -0.144. The summed E-state index contributed by atoms with van der Waals surface area (Å²) in [4.78, 5) is 26.0. The van der Waals surface area contributed by atoms with E-state index in [2.05, 4.69) is 10.3 Å². The Bertz CT molecular complexity index is 647. The molecular weight excluding hydrogens is 244 g/mol. The lowest BCUT2D eigenvalue weighted by Crippen LogP contribution is -2.43. The van der Waals surface area contributed by atoms with Gasteiger partial charge in [0.15, 0.2) is 0 Å². The molecule has 2 aromatic rings. The number of fused-ring (bicyclic) bond motifs is 1. The largest absolute Gasteiger partial charge is 0.481 e. The van der Waals surface area contributed by atoms with Crippen LogP contribution in [-0.4, -0.2) is 28.5 Å². The number of aromatic amines is 1. The molecule has 2 atom stereocenters. The summed E-state index contributed by atoms with van der Waals surface area (Å²) in [5.41, 5.74) is 1.88. The SMILES string of the molecule is O=C1CC(c2c[nH]c3ccccc23)C(C(=O)O)CN1. The van der Waals surface area contributed by atoms with Gasteiger partial charge < -0.3 is 15.4 Å². The first-order valence-electron chi connectivity index (χ1n) is 6.22. The lowest BCUT2D eigenvalue weighted by atomic mass is 9.81. The van der Waals surface area contributed by atoms with Crippen molar-refractivity contribution in [3.8, 4) is 0 Å². The first-order valence-corrected chi connectivity index (χ1v) is 6.22. The molecular formula is C14H14N2O3. The van der Waals surface area contributed by atoms with Gasteiger partial charge >= 0.3 is 5.97 Å². The number of aromatic nitrogens is 1. The van der Waals surface area contributed by atoms with E-state index < -0.39 is 11.9 Å². The van der Waals surface area contributed by atoms with Crippen LogP contribution < -0.4 is 5.32 Å². The number of carboxylic acids is 1. The van der Waals surface area contributed by atoms with Gasteiger partial charge in [-0.2, -0.15) is 0 Å². The van der Waals surface area contributed by atoms with Crippen LogP contribution in [0, 0.1) is 5.92 Å². The van der Waals surface area contributed by atoms with Gasteiger partial charge in [0.2, 0.25) is 5.91 Å². The first kappa shape index (κ1) is 11.8. The molecule has 5 nitrogen and oxygen atoms in total. The minimum absolute atomic E-state index is 0.0900. The predicted octanol–water partition coefficient (Wildman–Crippen LogP) is 1.47. The molecule has 3 rings (SSSR count). The van der Waals surface area contributed by atoms with E-state index in [1.54, 1.807) is 0 Å². The minimum Gasteiger partial charge on any atom is -0.481 e. The van der Waals surface area contributed by atoms with Gasteiger partial charge in [-0.1, -0.05) is 18.2 Å². The maximum Gasteiger partial charge on any atom is 0.308 e. The summed E-state index contributed by atoms with van der Waals surface area (Å²) in [7, 11) is 0. The Balaban J connectivity index is 2.06. The van der Waals surface area contributed by atoms with E-state index in [1.165, 1.54) is 0 Å². The fourth-order valence-corrected chi connectivity index (χ4v) is 2.77. The topological polar surface area (TPSA) is 82.2 Å². The zero-order chi connectivity index (χ0) is 13.4. The molecule has 2 heterocycles. The summed E-state index contributed by atoms with van der Waals surface area (Å²) in [6.07, 6.45) is 2.04. The number of para-hydroxylation sites is 1. The smallest absolute Gasteiger partial charge is 0.308 e. The van der Waals surface area contributed by atoms with Crippen LogP contribution in [0.25, 0.3) is 10.9 Å². The quantitative estimate of drug-likeness (QED) is 0.763. The van der Waals surface area contributed by atoms with Crippen LogP contribution in [0.15, 0.2) is 30.5 Å². The van der Waals surface area contributed by atoms with E-state index >= 15 is 0 Å². The predicted molar refractivity (Wildman–Crippen MR) is 69.8 cm³/mol. The van der Waals surface area contributed by atoms with Gasteiger partial charge in [0.1, 0.15) is 0 Å². The van der Waals surface area contributed by atoms with Crippen molar-refractivity contribution in [3.63, 3.8) is 0 Å². The molecule has 0 saturated carbocycles. The second-order valence-corrected chi connectivity index (χ2v) is 4.85. The number of nitrogens with one attached hydrogen (secondary N) is 2. The number of H-pyrrole nitrogens is 1. The molecule has 0 aliphatic carbocycles. The van der Waals surface area contributed by atoms with Crippen LogP contribution in [0.4, 0.5) is 0 Å².